The number of anilines is 1. The number of aliphatic hydroxyl groups excluding tert-OH is 1. The van der Waals surface area contributed by atoms with E-state index in [1.807, 2.05) is 38.1 Å². The molecule has 0 spiro atoms. The second kappa shape index (κ2) is 18.7. The first kappa shape index (κ1) is 45.7. The van der Waals surface area contributed by atoms with E-state index < -0.39 is 53.1 Å². The average molecular weight is 856 g/mol. The number of nitrogens with zero attached hydrogens (tertiary/aromatic N) is 2. The van der Waals surface area contributed by atoms with Crippen LogP contribution in [-0.4, -0.2) is 98.2 Å². The van der Waals surface area contributed by atoms with Gasteiger partial charge in [0.2, 0.25) is 5.43 Å². The van der Waals surface area contributed by atoms with Crippen molar-refractivity contribution in [1.29, 1.82) is 0 Å². The van der Waals surface area contributed by atoms with Gasteiger partial charge in [-0.3, -0.25) is 19.2 Å². The zero-order chi connectivity index (χ0) is 45.2. The SMILES string of the molecule is CO.CO[C@H]1/C=C/O[C@@]2(C)Oc3c(C)c4c5c(=O)c(c6oc7ccc(OCCN(C)C)cc7nc-6c5c3C2=O)NC(=O)/C(C)=C\C=C\C(C)C[C@@H](C)CC(O4)C(OC(C)=O)[C@@H]1C. The Labute approximate surface area is 361 Å². The molecule has 0 aromatic heterocycles. The third kappa shape index (κ3) is 8.92. The predicted molar refractivity (Wildman–Crippen MR) is 234 cm³/mol. The maximum absolute atomic E-state index is 15.4. The Kier molecular flexibility index (Phi) is 13.8. The van der Waals surface area contributed by atoms with Crippen LogP contribution in [0.1, 0.15) is 70.3 Å². The summed E-state index contributed by atoms with van der Waals surface area (Å²) in [5.41, 5.74) is 0.565. The third-order valence-electron chi connectivity index (χ3n) is 11.5. The first-order valence-corrected chi connectivity index (χ1v) is 20.8. The molecule has 62 heavy (non-hydrogen) atoms. The van der Waals surface area contributed by atoms with Gasteiger partial charge in [-0.2, -0.15) is 0 Å². The van der Waals surface area contributed by atoms with Gasteiger partial charge in [-0.05, 0) is 70.8 Å². The minimum atomic E-state index is -1.89. The molecular weight excluding hydrogens is 799 g/mol. The lowest BCUT2D eigenvalue weighted by Gasteiger charge is -2.36. The lowest BCUT2D eigenvalue weighted by Crippen LogP contribution is -2.45. The number of aliphatic hydroxyl groups is 1. The van der Waals surface area contributed by atoms with E-state index in [0.717, 1.165) is 13.5 Å². The molecule has 0 fully saturated rings. The molecule has 15 nitrogen and oxygen atoms in total. The number of methoxy groups -OCH3 is 1. The van der Waals surface area contributed by atoms with Crippen molar-refractivity contribution in [3.63, 3.8) is 0 Å². The van der Waals surface area contributed by atoms with Crippen molar-refractivity contribution < 1.29 is 52.3 Å². The highest BCUT2D eigenvalue weighted by molar-refractivity contribution is 6.22. The number of carbonyl (C=O) groups is 3. The number of allylic oxidation sites excluding steroid dienone is 3. The van der Waals surface area contributed by atoms with Crippen LogP contribution in [0, 0.1) is 24.7 Å². The fraction of sp³-hybridized carbons (Fsp3) is 0.468. The molecule has 6 bridgehead atoms. The monoisotopic (exact) mass is 855 g/mol. The highest BCUT2D eigenvalue weighted by Gasteiger charge is 2.51. The summed E-state index contributed by atoms with van der Waals surface area (Å²) in [6.45, 7) is 13.3. The summed E-state index contributed by atoms with van der Waals surface area (Å²) >= 11 is 0. The fourth-order valence-corrected chi connectivity index (χ4v) is 8.34. The number of esters is 1. The summed E-state index contributed by atoms with van der Waals surface area (Å²) in [6, 6.07) is 5.12. The standard InChI is InChI=1S/C46H53N3O11.CH4O/c1-23-12-11-13-25(3)45(53)48-38-39(51)35-34(37-43(38)58-32-15-14-29(22-30(32)47-37)55-19-17-49(8)9)36-42-27(5)41(35)59-33(21-24(2)20-23)40(57-28(6)50)26(4)31(54-10)16-18-56-46(7,60-42)44(36)52;1-2/h11-16,18,22-24,26,31,33,40H,17,19-21H2,1-10H3,(H,48,53);2H,1H3/b12-11+,18-16+,25-13-;/t23?,24-,26-,31+,33?,40?,46+;/m1./s1. The molecule has 2 aromatic carbocycles. The number of nitrogens with one attached hydrogen (secondary N) is 1. The maximum atomic E-state index is 15.4. The van der Waals surface area contributed by atoms with Crippen molar-refractivity contribution in [3.8, 4) is 28.7 Å². The molecule has 332 valence electrons. The number of ketones is 1. The average Bonchev–Trinajstić information content (AvgIpc) is 3.49. The van der Waals surface area contributed by atoms with Crippen molar-refractivity contribution in [1.82, 2.24) is 9.88 Å². The number of likely N-dealkylation sites (N-methyl/N-ethyl adjacent to an activating group) is 1. The Morgan fingerprint density at radius 3 is 2.48 bits per heavy atom. The normalized spacial score (nSPS) is 27.0. The van der Waals surface area contributed by atoms with Gasteiger partial charge in [-0.15, -0.1) is 0 Å². The van der Waals surface area contributed by atoms with Crippen LogP contribution in [0.4, 0.5) is 5.69 Å². The highest BCUT2D eigenvalue weighted by atomic mass is 16.7. The van der Waals surface area contributed by atoms with Gasteiger partial charge in [0.15, 0.2) is 11.3 Å². The molecule has 4 heterocycles. The van der Waals surface area contributed by atoms with Gasteiger partial charge in [-0.25, -0.2) is 4.98 Å². The van der Waals surface area contributed by atoms with Crippen molar-refractivity contribution in [2.24, 2.45) is 17.8 Å². The Balaban J connectivity index is 0.00000316. The number of rotatable bonds is 6. The Bertz CT molecular complexity index is 2490. The van der Waals surface area contributed by atoms with Gasteiger partial charge in [0.05, 0.1) is 23.3 Å². The topological polar surface area (TPSA) is 185 Å². The molecule has 7 rings (SSSR count). The van der Waals surface area contributed by atoms with E-state index in [9.17, 15) is 14.4 Å². The van der Waals surface area contributed by atoms with Crippen LogP contribution in [0.3, 0.4) is 0 Å². The number of ether oxygens (including phenoxy) is 6. The van der Waals surface area contributed by atoms with Crippen LogP contribution in [-0.2, 0) is 23.8 Å². The zero-order valence-electron chi connectivity index (χ0n) is 37.2. The summed E-state index contributed by atoms with van der Waals surface area (Å²) in [5, 5.41) is 9.88. The van der Waals surface area contributed by atoms with E-state index in [1.54, 1.807) is 44.2 Å². The van der Waals surface area contributed by atoms with E-state index in [-0.39, 0.29) is 56.8 Å². The number of benzene rings is 3. The molecule has 15 heteroatoms. The molecule has 2 N–H and O–H groups in total. The maximum Gasteiger partial charge on any atom is 0.312 e. The number of hydrogen-bond acceptors (Lipinski definition) is 14. The zero-order valence-corrected chi connectivity index (χ0v) is 37.2. The molecule has 7 atom stereocenters. The second-order valence-electron chi connectivity index (χ2n) is 16.6. The van der Waals surface area contributed by atoms with Gasteiger partial charge in [0.1, 0.15) is 53.0 Å². The minimum Gasteiger partial charge on any atom is -0.492 e. The number of amides is 1. The van der Waals surface area contributed by atoms with Gasteiger partial charge < -0.3 is 48.2 Å². The Hall–Kier alpha value is -5.77. The van der Waals surface area contributed by atoms with Gasteiger partial charge in [0.25, 0.3) is 11.7 Å². The molecule has 3 unspecified atom stereocenters. The number of aromatic nitrogens is 1. The van der Waals surface area contributed by atoms with Gasteiger partial charge in [0, 0.05) is 63.1 Å². The molecule has 0 radical (unpaired) electrons. The number of fused-ring (bicyclic) bond motifs is 8. The molecular formula is C47H57N3O12. The third-order valence-corrected chi connectivity index (χ3v) is 11.5. The van der Waals surface area contributed by atoms with Crippen LogP contribution in [0.5, 0.6) is 17.2 Å². The lowest BCUT2D eigenvalue weighted by molar-refractivity contribution is -0.159. The molecule has 5 aliphatic rings. The van der Waals surface area contributed by atoms with Crippen molar-refractivity contribution in [2.75, 3.05) is 46.8 Å². The van der Waals surface area contributed by atoms with Gasteiger partial charge in [-0.1, -0.05) is 39.0 Å². The summed E-state index contributed by atoms with van der Waals surface area (Å²) < 4.78 is 44.3. The van der Waals surface area contributed by atoms with Crippen LogP contribution in [0.15, 0.2) is 63.6 Å². The van der Waals surface area contributed by atoms with Crippen LogP contribution in [0.2, 0.25) is 0 Å². The van der Waals surface area contributed by atoms with Crippen molar-refractivity contribution in [2.45, 2.75) is 85.4 Å². The Morgan fingerprint density at radius 2 is 1.79 bits per heavy atom. The predicted octanol–water partition coefficient (Wildman–Crippen LogP) is 6.98. The number of Topliss-reactive ketones (excluding diaryl/α,β-unsaturated/α-hetero) is 1. The van der Waals surface area contributed by atoms with Crippen LogP contribution < -0.4 is 25.0 Å². The second-order valence-corrected chi connectivity index (χ2v) is 16.6. The van der Waals surface area contributed by atoms with E-state index in [0.29, 0.717) is 47.6 Å². The van der Waals surface area contributed by atoms with Crippen LogP contribution in [0.25, 0.3) is 33.3 Å². The number of carbonyl (C=O) groups excluding carboxylic acids is 3. The molecule has 4 aliphatic heterocycles. The number of hydrogen-bond donors (Lipinski definition) is 2. The highest BCUT2D eigenvalue weighted by Crippen LogP contribution is 2.51. The largest absolute Gasteiger partial charge is 0.492 e. The molecule has 0 saturated carbocycles. The fourth-order valence-electron chi connectivity index (χ4n) is 8.34. The summed E-state index contributed by atoms with van der Waals surface area (Å²) in [6.07, 6.45) is 7.21. The van der Waals surface area contributed by atoms with Gasteiger partial charge >= 0.3 is 11.8 Å². The molecule has 1 amide bonds. The first-order chi connectivity index (χ1) is 29.5. The molecule has 1 aliphatic carbocycles. The lowest BCUT2D eigenvalue weighted by atomic mass is 9.85. The van der Waals surface area contributed by atoms with E-state index in [1.165, 1.54) is 27.2 Å². The Morgan fingerprint density at radius 1 is 1.05 bits per heavy atom. The summed E-state index contributed by atoms with van der Waals surface area (Å²) in [5.74, 6) is -3.32. The smallest absolute Gasteiger partial charge is 0.312 e. The van der Waals surface area contributed by atoms with E-state index in [2.05, 4.69) is 19.2 Å². The summed E-state index contributed by atoms with van der Waals surface area (Å²) in [7, 11) is 6.42. The summed E-state index contributed by atoms with van der Waals surface area (Å²) in [4.78, 5) is 64.1. The molecule has 2 aromatic rings. The van der Waals surface area contributed by atoms with Crippen LogP contribution >= 0.6 is 0 Å². The first-order valence-electron chi connectivity index (χ1n) is 20.8. The molecule has 0 saturated heterocycles. The van der Waals surface area contributed by atoms with Crippen molar-refractivity contribution >= 4 is 45.2 Å². The van der Waals surface area contributed by atoms with Crippen molar-refractivity contribution in [3.05, 3.63) is 75.7 Å². The quantitative estimate of drug-likeness (QED) is 0.115. The van der Waals surface area contributed by atoms with E-state index >= 15 is 4.79 Å². The minimum absolute atomic E-state index is 0.00273. The van der Waals surface area contributed by atoms with E-state index in [4.69, 9.17) is 42.9 Å².